The molecule has 1 aliphatic rings. The minimum absolute atomic E-state index is 0.382. The second kappa shape index (κ2) is 4.30. The van der Waals surface area contributed by atoms with Gasteiger partial charge in [-0.05, 0) is 43.9 Å². The van der Waals surface area contributed by atoms with Crippen LogP contribution in [0.1, 0.15) is 24.8 Å². The number of rotatable bonds is 3. The highest BCUT2D eigenvalue weighted by molar-refractivity contribution is 6.43. The number of hydrogen-bond acceptors (Lipinski definition) is 3. The van der Waals surface area contributed by atoms with Crippen LogP contribution in [0, 0.1) is 6.92 Å². The predicted octanol–water partition coefficient (Wildman–Crippen LogP) is 1.42. The maximum atomic E-state index is 11.7. The molecule has 1 saturated carbocycles. The molecule has 0 aromatic heterocycles. The van der Waals surface area contributed by atoms with Gasteiger partial charge in [0.05, 0.1) is 0 Å². The third kappa shape index (κ3) is 2.36. The zero-order valence-electron chi connectivity index (χ0n) is 9.69. The summed E-state index contributed by atoms with van der Waals surface area (Å²) in [5, 5.41) is 12.3. The molecule has 0 radical (unpaired) electrons. The summed E-state index contributed by atoms with van der Waals surface area (Å²) in [5.41, 5.74) is 0.150. The van der Waals surface area contributed by atoms with Gasteiger partial charge in [-0.15, -0.1) is 0 Å². The number of anilines is 1. The number of aliphatic hydroxyl groups is 1. The molecular formula is C13H15NO3. The molecule has 17 heavy (non-hydrogen) atoms. The molecule has 0 unspecified atom stereocenters. The molecule has 4 nitrogen and oxygen atoms in total. The zero-order valence-corrected chi connectivity index (χ0v) is 9.69. The lowest BCUT2D eigenvalue weighted by Gasteiger charge is -2.33. The van der Waals surface area contributed by atoms with E-state index in [1.165, 1.54) is 0 Å². The van der Waals surface area contributed by atoms with Crippen molar-refractivity contribution in [3.8, 4) is 0 Å². The molecule has 2 rings (SSSR count). The van der Waals surface area contributed by atoms with Crippen molar-refractivity contribution in [2.45, 2.75) is 31.8 Å². The molecule has 90 valence electrons. The van der Waals surface area contributed by atoms with Gasteiger partial charge in [0.2, 0.25) is 0 Å². The summed E-state index contributed by atoms with van der Waals surface area (Å²) in [6.45, 7) is 1.90. The fourth-order valence-electron chi connectivity index (χ4n) is 1.86. The van der Waals surface area contributed by atoms with Gasteiger partial charge in [-0.3, -0.25) is 9.59 Å². The molecule has 0 spiro atoms. The first-order valence-corrected chi connectivity index (χ1v) is 5.66. The zero-order chi connectivity index (χ0) is 12.5. The van der Waals surface area contributed by atoms with Gasteiger partial charge < -0.3 is 10.4 Å². The molecule has 4 heteroatoms. The van der Waals surface area contributed by atoms with Crippen molar-refractivity contribution >= 4 is 17.4 Å². The van der Waals surface area contributed by atoms with E-state index in [0.29, 0.717) is 18.5 Å². The van der Waals surface area contributed by atoms with E-state index in [0.717, 1.165) is 12.0 Å². The molecule has 0 aliphatic heterocycles. The summed E-state index contributed by atoms with van der Waals surface area (Å²) in [7, 11) is 0. The van der Waals surface area contributed by atoms with Crippen LogP contribution in [0.15, 0.2) is 24.3 Å². The summed E-state index contributed by atoms with van der Waals surface area (Å²) in [6, 6.07) is 7.18. The van der Waals surface area contributed by atoms with Crippen LogP contribution in [0.4, 0.5) is 5.69 Å². The third-order valence-electron chi connectivity index (χ3n) is 3.09. The highest BCUT2D eigenvalue weighted by atomic mass is 16.3. The van der Waals surface area contributed by atoms with Crippen LogP contribution in [-0.2, 0) is 9.59 Å². The van der Waals surface area contributed by atoms with E-state index in [1.54, 1.807) is 18.2 Å². The average Bonchev–Trinajstić information content (AvgIpc) is 2.25. The number of benzene rings is 1. The highest BCUT2D eigenvalue weighted by Gasteiger charge is 2.45. The normalized spacial score (nSPS) is 17.1. The van der Waals surface area contributed by atoms with Gasteiger partial charge in [-0.25, -0.2) is 0 Å². The third-order valence-corrected chi connectivity index (χ3v) is 3.09. The molecule has 0 bridgehead atoms. The molecule has 0 atom stereocenters. The van der Waals surface area contributed by atoms with Crippen LogP contribution in [0.5, 0.6) is 0 Å². The summed E-state index contributed by atoms with van der Waals surface area (Å²) in [6.07, 6.45) is 1.56. The van der Waals surface area contributed by atoms with Crippen molar-refractivity contribution in [2.75, 3.05) is 5.32 Å². The van der Waals surface area contributed by atoms with Crippen LogP contribution < -0.4 is 5.32 Å². The van der Waals surface area contributed by atoms with Gasteiger partial charge in [0.15, 0.2) is 0 Å². The van der Waals surface area contributed by atoms with Crippen molar-refractivity contribution in [3.63, 3.8) is 0 Å². The van der Waals surface area contributed by atoms with Crippen LogP contribution in [0.25, 0.3) is 0 Å². The Balaban J connectivity index is 2.04. The monoisotopic (exact) mass is 233 g/mol. The number of ketones is 1. The predicted molar refractivity (Wildman–Crippen MR) is 63.6 cm³/mol. The molecule has 0 heterocycles. The molecule has 2 N–H and O–H groups in total. The number of hydrogen-bond donors (Lipinski definition) is 2. The Bertz CT molecular complexity index is 463. The standard InChI is InChI=1S/C13H15NO3/c1-9-4-2-5-10(8-9)14-12(16)11(15)13(17)6-3-7-13/h2,4-5,8,17H,3,6-7H2,1H3,(H,14,16). The van der Waals surface area contributed by atoms with Gasteiger partial charge in [0, 0.05) is 5.69 Å². The number of carbonyl (C=O) groups is 2. The first-order chi connectivity index (χ1) is 8.01. The average molecular weight is 233 g/mol. The first kappa shape index (κ1) is 11.8. The molecule has 1 aromatic carbocycles. The second-order valence-electron chi connectivity index (χ2n) is 4.54. The van der Waals surface area contributed by atoms with Crippen molar-refractivity contribution < 1.29 is 14.7 Å². The molecule has 1 aromatic rings. The van der Waals surface area contributed by atoms with E-state index in [-0.39, 0.29) is 0 Å². The highest BCUT2D eigenvalue weighted by Crippen LogP contribution is 2.32. The Morgan fingerprint density at radius 3 is 2.59 bits per heavy atom. The van der Waals surface area contributed by atoms with Crippen molar-refractivity contribution in [3.05, 3.63) is 29.8 Å². The first-order valence-electron chi connectivity index (χ1n) is 5.66. The second-order valence-corrected chi connectivity index (χ2v) is 4.54. The smallest absolute Gasteiger partial charge is 0.294 e. The lowest BCUT2D eigenvalue weighted by atomic mass is 9.77. The van der Waals surface area contributed by atoms with E-state index in [2.05, 4.69) is 5.32 Å². The molecule has 0 saturated heterocycles. The van der Waals surface area contributed by atoms with Crippen molar-refractivity contribution in [1.29, 1.82) is 0 Å². The number of carbonyl (C=O) groups excluding carboxylic acids is 2. The SMILES string of the molecule is Cc1cccc(NC(=O)C(=O)C2(O)CCC2)c1. The largest absolute Gasteiger partial charge is 0.381 e. The Kier molecular flexibility index (Phi) is 2.98. The van der Waals surface area contributed by atoms with Gasteiger partial charge in [0.1, 0.15) is 5.60 Å². The molecular weight excluding hydrogens is 218 g/mol. The lowest BCUT2D eigenvalue weighted by Crippen LogP contribution is -2.50. The fraction of sp³-hybridized carbons (Fsp3) is 0.385. The van der Waals surface area contributed by atoms with Gasteiger partial charge in [-0.1, -0.05) is 12.1 Å². The van der Waals surface area contributed by atoms with E-state index in [1.807, 2.05) is 13.0 Å². The van der Waals surface area contributed by atoms with E-state index in [4.69, 9.17) is 0 Å². The minimum atomic E-state index is -1.42. The topological polar surface area (TPSA) is 66.4 Å². The Hall–Kier alpha value is -1.68. The molecule has 1 aliphatic carbocycles. The van der Waals surface area contributed by atoms with Crippen LogP contribution in [0.3, 0.4) is 0 Å². The van der Waals surface area contributed by atoms with Crippen molar-refractivity contribution in [2.24, 2.45) is 0 Å². The van der Waals surface area contributed by atoms with E-state index < -0.39 is 17.3 Å². The van der Waals surface area contributed by atoms with Gasteiger partial charge in [-0.2, -0.15) is 0 Å². The van der Waals surface area contributed by atoms with Gasteiger partial charge >= 0.3 is 0 Å². The Morgan fingerprint density at radius 2 is 2.06 bits per heavy atom. The quantitative estimate of drug-likeness (QED) is 0.776. The molecule has 1 fully saturated rings. The summed E-state index contributed by atoms with van der Waals surface area (Å²) < 4.78 is 0. The van der Waals surface area contributed by atoms with E-state index in [9.17, 15) is 14.7 Å². The fourth-order valence-corrected chi connectivity index (χ4v) is 1.86. The minimum Gasteiger partial charge on any atom is -0.381 e. The van der Waals surface area contributed by atoms with Crippen LogP contribution in [0.2, 0.25) is 0 Å². The summed E-state index contributed by atoms with van der Waals surface area (Å²) in [4.78, 5) is 23.3. The lowest BCUT2D eigenvalue weighted by molar-refractivity contribution is -0.153. The van der Waals surface area contributed by atoms with E-state index >= 15 is 0 Å². The van der Waals surface area contributed by atoms with Crippen LogP contribution in [-0.4, -0.2) is 22.4 Å². The number of aryl methyl sites for hydroxylation is 1. The summed E-state index contributed by atoms with van der Waals surface area (Å²) in [5.74, 6) is -1.47. The maximum Gasteiger partial charge on any atom is 0.294 e. The Labute approximate surface area is 99.6 Å². The van der Waals surface area contributed by atoms with Gasteiger partial charge in [0.25, 0.3) is 11.7 Å². The number of amides is 1. The number of Topliss-reactive ketones (excluding diaryl/α,β-unsaturated/α-hetero) is 1. The van der Waals surface area contributed by atoms with Crippen LogP contribution >= 0.6 is 0 Å². The maximum absolute atomic E-state index is 11.7. The summed E-state index contributed by atoms with van der Waals surface area (Å²) >= 11 is 0. The number of nitrogens with one attached hydrogen (secondary N) is 1. The molecule has 1 amide bonds. The van der Waals surface area contributed by atoms with Crippen molar-refractivity contribution in [1.82, 2.24) is 0 Å². The Morgan fingerprint density at radius 1 is 1.35 bits per heavy atom.